The van der Waals surface area contributed by atoms with Crippen LogP contribution in [0.5, 0.6) is 0 Å². The second-order valence-electron chi connectivity index (χ2n) is 8.60. The molecule has 1 aromatic heterocycles. The summed E-state index contributed by atoms with van der Waals surface area (Å²) in [7, 11) is 0. The van der Waals surface area contributed by atoms with E-state index in [2.05, 4.69) is 21.7 Å². The number of carbonyl (C=O) groups excluding carboxylic acids is 1. The number of nitrogens with one attached hydrogen (secondary N) is 3. The fourth-order valence-electron chi connectivity index (χ4n) is 4.32. The van der Waals surface area contributed by atoms with Gasteiger partial charge >= 0.3 is 0 Å². The Hall–Kier alpha value is -1.89. The lowest BCUT2D eigenvalue weighted by Gasteiger charge is -2.31. The molecule has 0 bridgehead atoms. The molecule has 2 aromatic rings. The number of carbonyl (C=O) groups is 1. The number of fused-ring (bicyclic) bond motifs is 1. The number of nitrogens with zero attached hydrogens (tertiary/aromatic N) is 1. The van der Waals surface area contributed by atoms with E-state index in [1.807, 2.05) is 23.2 Å². The summed E-state index contributed by atoms with van der Waals surface area (Å²) in [6.45, 7) is 4.63. The third kappa shape index (κ3) is 5.00. The number of aliphatic hydroxyl groups excluding tert-OH is 1. The lowest BCUT2D eigenvalue weighted by molar-refractivity contribution is 0.0651. The van der Waals surface area contributed by atoms with Crippen LogP contribution in [0.25, 0.3) is 10.9 Å². The number of aromatic amines is 1. The molecule has 6 heteroatoms. The molecular formula is C23H34N4O2. The first-order valence-electron chi connectivity index (χ1n) is 11.2. The van der Waals surface area contributed by atoms with E-state index in [4.69, 9.17) is 0 Å². The predicted octanol–water partition coefficient (Wildman–Crippen LogP) is 2.63. The Morgan fingerprint density at radius 1 is 1.17 bits per heavy atom. The third-order valence-corrected chi connectivity index (χ3v) is 6.56. The number of hydrogen-bond donors (Lipinski definition) is 4. The maximum absolute atomic E-state index is 12.8. The van der Waals surface area contributed by atoms with Gasteiger partial charge in [-0.2, -0.15) is 0 Å². The highest BCUT2D eigenvalue weighted by molar-refractivity contribution is 5.98. The Morgan fingerprint density at radius 3 is 2.72 bits per heavy atom. The topological polar surface area (TPSA) is 80.4 Å². The lowest BCUT2D eigenvalue weighted by Crippen LogP contribution is -2.39. The van der Waals surface area contributed by atoms with E-state index in [1.54, 1.807) is 0 Å². The fraction of sp³-hybridized carbons (Fsp3) is 0.609. The first-order valence-corrected chi connectivity index (χ1v) is 11.2. The number of hydrogen-bond acceptors (Lipinski definition) is 4. The number of benzene rings is 1. The molecule has 0 atom stereocenters. The van der Waals surface area contributed by atoms with Gasteiger partial charge in [-0.3, -0.25) is 4.79 Å². The minimum atomic E-state index is 0.0940. The maximum Gasteiger partial charge on any atom is 0.253 e. The largest absolute Gasteiger partial charge is 0.396 e. The van der Waals surface area contributed by atoms with Gasteiger partial charge < -0.3 is 25.6 Å². The molecule has 2 aliphatic rings. The monoisotopic (exact) mass is 398 g/mol. The summed E-state index contributed by atoms with van der Waals surface area (Å²) < 4.78 is 0. The third-order valence-electron chi connectivity index (χ3n) is 6.56. The van der Waals surface area contributed by atoms with Crippen LogP contribution in [-0.4, -0.2) is 59.7 Å². The van der Waals surface area contributed by atoms with Crippen molar-refractivity contribution in [2.75, 3.05) is 32.8 Å². The van der Waals surface area contributed by atoms with Crippen LogP contribution in [0.3, 0.4) is 0 Å². The predicted molar refractivity (Wildman–Crippen MR) is 116 cm³/mol. The Morgan fingerprint density at radius 2 is 2.00 bits per heavy atom. The second kappa shape index (κ2) is 9.74. The van der Waals surface area contributed by atoms with Crippen LogP contribution in [0.4, 0.5) is 0 Å². The SMILES string of the molecule is O=C(c1ccc2c(CNCCCNC3CCC3)c[nH]c2c1)N1CCC(CO)CC1. The van der Waals surface area contributed by atoms with E-state index in [0.717, 1.165) is 69.1 Å². The summed E-state index contributed by atoms with van der Waals surface area (Å²) in [6.07, 6.45) is 9.03. The Kier molecular flexibility index (Phi) is 6.85. The summed E-state index contributed by atoms with van der Waals surface area (Å²) in [4.78, 5) is 18.1. The van der Waals surface area contributed by atoms with Crippen LogP contribution < -0.4 is 10.6 Å². The summed E-state index contributed by atoms with van der Waals surface area (Å²) in [5.41, 5.74) is 3.00. The van der Waals surface area contributed by atoms with Gasteiger partial charge in [0.15, 0.2) is 0 Å². The molecule has 0 unspecified atom stereocenters. The van der Waals surface area contributed by atoms with Gasteiger partial charge in [0.1, 0.15) is 0 Å². The van der Waals surface area contributed by atoms with Crippen molar-refractivity contribution in [2.24, 2.45) is 5.92 Å². The first-order chi connectivity index (χ1) is 14.2. The molecule has 1 amide bonds. The van der Waals surface area contributed by atoms with E-state index in [9.17, 15) is 9.90 Å². The number of aliphatic hydroxyl groups is 1. The van der Waals surface area contributed by atoms with Crippen molar-refractivity contribution in [3.8, 4) is 0 Å². The van der Waals surface area contributed by atoms with Gasteiger partial charge in [-0.1, -0.05) is 12.5 Å². The lowest BCUT2D eigenvalue weighted by atomic mass is 9.93. The molecule has 158 valence electrons. The molecule has 0 radical (unpaired) electrons. The molecule has 6 nitrogen and oxygen atoms in total. The summed E-state index contributed by atoms with van der Waals surface area (Å²) in [5.74, 6) is 0.436. The molecule has 1 saturated carbocycles. The molecule has 0 spiro atoms. The standard InChI is InChI=1S/C23H34N4O2/c28-16-17-7-11-27(12-8-17)23(29)18-5-6-21-19(15-26-22(21)13-18)14-24-9-2-10-25-20-3-1-4-20/h5-6,13,15,17,20,24-26,28H,1-4,7-12,14,16H2. The highest BCUT2D eigenvalue weighted by Gasteiger charge is 2.23. The van der Waals surface area contributed by atoms with Crippen molar-refractivity contribution in [3.63, 3.8) is 0 Å². The van der Waals surface area contributed by atoms with Gasteiger partial charge in [-0.25, -0.2) is 0 Å². The molecule has 1 aromatic carbocycles. The van der Waals surface area contributed by atoms with Crippen molar-refractivity contribution < 1.29 is 9.90 Å². The number of likely N-dealkylation sites (tertiary alicyclic amines) is 1. The first kappa shape index (κ1) is 20.4. The number of H-pyrrole nitrogens is 1. The molecule has 1 aliphatic heterocycles. The number of amides is 1. The number of piperidine rings is 1. The van der Waals surface area contributed by atoms with E-state index in [1.165, 1.54) is 30.2 Å². The maximum atomic E-state index is 12.8. The summed E-state index contributed by atoms with van der Waals surface area (Å²) in [5, 5.41) is 17.6. The van der Waals surface area contributed by atoms with E-state index < -0.39 is 0 Å². The van der Waals surface area contributed by atoms with E-state index >= 15 is 0 Å². The number of rotatable bonds is 9. The summed E-state index contributed by atoms with van der Waals surface area (Å²) >= 11 is 0. The molecular weight excluding hydrogens is 364 g/mol. The fourth-order valence-corrected chi connectivity index (χ4v) is 4.32. The average Bonchev–Trinajstić information content (AvgIpc) is 3.13. The molecule has 1 saturated heterocycles. The van der Waals surface area contributed by atoms with Gasteiger partial charge in [-0.15, -0.1) is 0 Å². The van der Waals surface area contributed by atoms with Gasteiger partial charge in [-0.05, 0) is 68.8 Å². The second-order valence-corrected chi connectivity index (χ2v) is 8.60. The van der Waals surface area contributed by atoms with Crippen LogP contribution in [-0.2, 0) is 6.54 Å². The smallest absolute Gasteiger partial charge is 0.253 e. The van der Waals surface area contributed by atoms with Gasteiger partial charge in [0.25, 0.3) is 5.91 Å². The Balaban J connectivity index is 1.27. The van der Waals surface area contributed by atoms with Crippen molar-refractivity contribution >= 4 is 16.8 Å². The van der Waals surface area contributed by atoms with E-state index in [0.29, 0.717) is 5.92 Å². The van der Waals surface area contributed by atoms with Crippen molar-refractivity contribution in [3.05, 3.63) is 35.5 Å². The molecule has 4 rings (SSSR count). The Labute approximate surface area is 173 Å². The zero-order valence-electron chi connectivity index (χ0n) is 17.3. The minimum Gasteiger partial charge on any atom is -0.396 e. The van der Waals surface area contributed by atoms with Crippen molar-refractivity contribution in [1.82, 2.24) is 20.5 Å². The minimum absolute atomic E-state index is 0.0940. The zero-order chi connectivity index (χ0) is 20.1. The van der Waals surface area contributed by atoms with Gasteiger partial charge in [0.05, 0.1) is 0 Å². The van der Waals surface area contributed by atoms with Crippen LogP contribution >= 0.6 is 0 Å². The van der Waals surface area contributed by atoms with Crippen molar-refractivity contribution in [2.45, 2.75) is 51.1 Å². The highest BCUT2D eigenvalue weighted by Crippen LogP contribution is 2.23. The molecule has 2 heterocycles. The summed E-state index contributed by atoms with van der Waals surface area (Å²) in [6, 6.07) is 6.75. The molecule has 2 fully saturated rings. The van der Waals surface area contributed by atoms with Crippen molar-refractivity contribution in [1.29, 1.82) is 0 Å². The number of aromatic nitrogens is 1. The molecule has 1 aliphatic carbocycles. The highest BCUT2D eigenvalue weighted by atomic mass is 16.3. The van der Waals surface area contributed by atoms with Crippen LogP contribution in [0.15, 0.2) is 24.4 Å². The molecule has 29 heavy (non-hydrogen) atoms. The average molecular weight is 399 g/mol. The van der Waals surface area contributed by atoms with Crippen LogP contribution in [0, 0.1) is 5.92 Å². The zero-order valence-corrected chi connectivity index (χ0v) is 17.3. The van der Waals surface area contributed by atoms with Gasteiger partial charge in [0.2, 0.25) is 0 Å². The quantitative estimate of drug-likeness (QED) is 0.490. The molecule has 4 N–H and O–H groups in total. The van der Waals surface area contributed by atoms with Gasteiger partial charge in [0, 0.05) is 54.9 Å². The van der Waals surface area contributed by atoms with Crippen LogP contribution in [0.1, 0.15) is 54.4 Å². The van der Waals surface area contributed by atoms with E-state index in [-0.39, 0.29) is 12.5 Å². The van der Waals surface area contributed by atoms with Crippen LogP contribution in [0.2, 0.25) is 0 Å². The normalized spacial score (nSPS) is 18.3. The Bertz CT molecular complexity index is 806.